The molecule has 1 saturated heterocycles. The monoisotopic (exact) mass is 452 g/mol. The Balaban J connectivity index is 1.65. The molecule has 1 aliphatic heterocycles. The lowest BCUT2D eigenvalue weighted by molar-refractivity contribution is 0.127. The number of para-hydroxylation sites is 1. The summed E-state index contributed by atoms with van der Waals surface area (Å²) < 4.78 is 1.91. The van der Waals surface area contributed by atoms with Crippen LogP contribution in [0.1, 0.15) is 48.8 Å². The number of benzene rings is 3. The number of nitrogens with zero attached hydrogens (tertiary/aromatic N) is 3. The highest BCUT2D eigenvalue weighted by atomic mass is 16.1. The minimum Gasteiger partial charge on any atom is -0.315 e. The van der Waals surface area contributed by atoms with Gasteiger partial charge in [0.15, 0.2) is 0 Å². The second kappa shape index (κ2) is 10.3. The molecular formula is C29H32N4O. The van der Waals surface area contributed by atoms with E-state index in [4.69, 9.17) is 4.98 Å². The van der Waals surface area contributed by atoms with Gasteiger partial charge in [0.05, 0.1) is 23.5 Å². The van der Waals surface area contributed by atoms with Crippen LogP contribution in [0.25, 0.3) is 10.9 Å². The summed E-state index contributed by atoms with van der Waals surface area (Å²) in [5, 5.41) is 4.25. The molecule has 4 aromatic rings. The van der Waals surface area contributed by atoms with E-state index in [0.717, 1.165) is 49.4 Å². The predicted octanol–water partition coefficient (Wildman–Crippen LogP) is 4.93. The van der Waals surface area contributed by atoms with E-state index < -0.39 is 0 Å². The fourth-order valence-corrected chi connectivity index (χ4v) is 5.22. The summed E-state index contributed by atoms with van der Waals surface area (Å²) in [5.41, 5.74) is 3.24. The number of hydrogen-bond donors (Lipinski definition) is 1. The van der Waals surface area contributed by atoms with Gasteiger partial charge in [-0.3, -0.25) is 14.3 Å². The second-order valence-corrected chi connectivity index (χ2v) is 8.99. The molecule has 1 aliphatic rings. The van der Waals surface area contributed by atoms with E-state index in [2.05, 4.69) is 59.6 Å². The van der Waals surface area contributed by atoms with Gasteiger partial charge in [-0.05, 0) is 42.6 Å². The molecule has 0 aliphatic carbocycles. The normalized spacial score (nSPS) is 18.0. The first-order chi connectivity index (χ1) is 16.8. The molecule has 0 spiro atoms. The quantitative estimate of drug-likeness (QED) is 0.451. The van der Waals surface area contributed by atoms with Gasteiger partial charge in [-0.15, -0.1) is 0 Å². The molecule has 0 radical (unpaired) electrons. The predicted molar refractivity (Wildman–Crippen MR) is 138 cm³/mol. The van der Waals surface area contributed by atoms with Crippen molar-refractivity contribution in [2.24, 2.45) is 0 Å². The standard InChI is InChI=1S/C29H32N4O/c1-2-26(32-20-19-30-18-17-27(32)23-13-7-4-8-14-23)28-31-25-16-10-9-15-24(25)29(34)33(28)21-22-11-5-3-6-12-22/h3-16,26-27,30H,2,17-21H2,1H3. The van der Waals surface area contributed by atoms with Crippen LogP contribution in [0.3, 0.4) is 0 Å². The number of fused-ring (bicyclic) bond motifs is 1. The lowest BCUT2D eigenvalue weighted by atomic mass is 9.99. The highest BCUT2D eigenvalue weighted by Gasteiger charge is 2.32. The first-order valence-electron chi connectivity index (χ1n) is 12.3. The molecule has 5 rings (SSSR count). The molecule has 5 heteroatoms. The Morgan fingerprint density at radius 3 is 2.41 bits per heavy atom. The largest absolute Gasteiger partial charge is 0.315 e. The van der Waals surface area contributed by atoms with Crippen molar-refractivity contribution in [1.82, 2.24) is 19.8 Å². The highest BCUT2D eigenvalue weighted by molar-refractivity contribution is 5.77. The third-order valence-electron chi connectivity index (χ3n) is 6.89. The van der Waals surface area contributed by atoms with Crippen molar-refractivity contribution in [3.8, 4) is 0 Å². The van der Waals surface area contributed by atoms with Crippen LogP contribution in [0.5, 0.6) is 0 Å². The van der Waals surface area contributed by atoms with E-state index in [1.807, 2.05) is 47.0 Å². The van der Waals surface area contributed by atoms with E-state index in [0.29, 0.717) is 11.9 Å². The SMILES string of the molecule is CCC(c1nc2ccccc2c(=O)n1Cc1ccccc1)N1CCNCCC1c1ccccc1. The molecule has 2 atom stereocenters. The van der Waals surface area contributed by atoms with Crippen molar-refractivity contribution in [3.05, 3.63) is 112 Å². The van der Waals surface area contributed by atoms with Gasteiger partial charge >= 0.3 is 0 Å². The zero-order chi connectivity index (χ0) is 23.3. The molecule has 1 N–H and O–H groups in total. The van der Waals surface area contributed by atoms with E-state index in [1.165, 1.54) is 5.56 Å². The van der Waals surface area contributed by atoms with Crippen molar-refractivity contribution in [1.29, 1.82) is 0 Å². The van der Waals surface area contributed by atoms with Gasteiger partial charge in [0, 0.05) is 19.1 Å². The van der Waals surface area contributed by atoms with Gasteiger partial charge in [-0.2, -0.15) is 0 Å². The first-order valence-corrected chi connectivity index (χ1v) is 12.3. The molecule has 0 bridgehead atoms. The Morgan fingerprint density at radius 2 is 1.65 bits per heavy atom. The van der Waals surface area contributed by atoms with Gasteiger partial charge in [-0.25, -0.2) is 4.98 Å². The van der Waals surface area contributed by atoms with Crippen LogP contribution in [-0.2, 0) is 6.54 Å². The van der Waals surface area contributed by atoms with Gasteiger partial charge in [0.25, 0.3) is 5.56 Å². The molecule has 5 nitrogen and oxygen atoms in total. The molecule has 1 fully saturated rings. The van der Waals surface area contributed by atoms with Crippen LogP contribution in [0.15, 0.2) is 89.7 Å². The molecule has 0 amide bonds. The summed E-state index contributed by atoms with van der Waals surface area (Å²) in [7, 11) is 0. The summed E-state index contributed by atoms with van der Waals surface area (Å²) in [4.78, 5) is 21.5. The number of nitrogens with one attached hydrogen (secondary N) is 1. The minimum atomic E-state index is 0.0334. The Labute approximate surface area is 201 Å². The molecular weight excluding hydrogens is 420 g/mol. The van der Waals surface area contributed by atoms with Gasteiger partial charge in [-0.1, -0.05) is 79.7 Å². The molecule has 34 heavy (non-hydrogen) atoms. The summed E-state index contributed by atoms with van der Waals surface area (Å²) in [6, 6.07) is 29.0. The zero-order valence-corrected chi connectivity index (χ0v) is 19.7. The zero-order valence-electron chi connectivity index (χ0n) is 19.7. The minimum absolute atomic E-state index is 0.0334. The van der Waals surface area contributed by atoms with Gasteiger partial charge in [0.2, 0.25) is 0 Å². The van der Waals surface area contributed by atoms with Crippen LogP contribution in [-0.4, -0.2) is 34.1 Å². The maximum Gasteiger partial charge on any atom is 0.261 e. The molecule has 1 aromatic heterocycles. The van der Waals surface area contributed by atoms with Crippen molar-refractivity contribution in [3.63, 3.8) is 0 Å². The van der Waals surface area contributed by atoms with Crippen molar-refractivity contribution in [2.75, 3.05) is 19.6 Å². The molecule has 3 aromatic carbocycles. The maximum absolute atomic E-state index is 13.8. The summed E-state index contributed by atoms with van der Waals surface area (Å²) >= 11 is 0. The van der Waals surface area contributed by atoms with Crippen LogP contribution in [0.4, 0.5) is 0 Å². The lowest BCUT2D eigenvalue weighted by Gasteiger charge is -2.37. The molecule has 2 unspecified atom stereocenters. The Hall–Kier alpha value is -3.28. The van der Waals surface area contributed by atoms with Crippen LogP contribution < -0.4 is 10.9 Å². The summed E-state index contributed by atoms with van der Waals surface area (Å²) in [6.45, 7) is 5.54. The van der Waals surface area contributed by atoms with E-state index >= 15 is 0 Å². The van der Waals surface area contributed by atoms with Crippen molar-refractivity contribution < 1.29 is 0 Å². The van der Waals surface area contributed by atoms with Crippen molar-refractivity contribution in [2.45, 2.75) is 38.4 Å². The average Bonchev–Trinajstić information content (AvgIpc) is 3.14. The Morgan fingerprint density at radius 1 is 0.941 bits per heavy atom. The fraction of sp³-hybridized carbons (Fsp3) is 0.310. The fourth-order valence-electron chi connectivity index (χ4n) is 5.22. The maximum atomic E-state index is 13.8. The van der Waals surface area contributed by atoms with Crippen LogP contribution in [0, 0.1) is 0 Å². The van der Waals surface area contributed by atoms with E-state index in [1.54, 1.807) is 0 Å². The Bertz CT molecular complexity index is 1290. The third-order valence-corrected chi connectivity index (χ3v) is 6.89. The van der Waals surface area contributed by atoms with Crippen LogP contribution in [0.2, 0.25) is 0 Å². The average molecular weight is 453 g/mol. The number of hydrogen-bond acceptors (Lipinski definition) is 4. The van der Waals surface area contributed by atoms with E-state index in [9.17, 15) is 4.79 Å². The van der Waals surface area contributed by atoms with Gasteiger partial charge < -0.3 is 5.32 Å². The first kappa shape index (κ1) is 22.5. The number of rotatable bonds is 6. The van der Waals surface area contributed by atoms with E-state index in [-0.39, 0.29) is 17.6 Å². The van der Waals surface area contributed by atoms with Crippen LogP contribution >= 0.6 is 0 Å². The third kappa shape index (κ3) is 4.54. The smallest absolute Gasteiger partial charge is 0.261 e. The second-order valence-electron chi connectivity index (χ2n) is 8.99. The summed E-state index contributed by atoms with van der Waals surface area (Å²) in [6.07, 6.45) is 1.90. The topological polar surface area (TPSA) is 50.2 Å². The highest BCUT2D eigenvalue weighted by Crippen LogP contribution is 2.35. The van der Waals surface area contributed by atoms with Gasteiger partial charge in [0.1, 0.15) is 5.82 Å². The Kier molecular flexibility index (Phi) is 6.84. The molecule has 0 saturated carbocycles. The number of aromatic nitrogens is 2. The molecule has 174 valence electrons. The van der Waals surface area contributed by atoms with Crippen molar-refractivity contribution >= 4 is 10.9 Å². The summed E-state index contributed by atoms with van der Waals surface area (Å²) in [5.74, 6) is 0.859. The molecule has 2 heterocycles. The lowest BCUT2D eigenvalue weighted by Crippen LogP contribution is -2.38.